The Morgan fingerprint density at radius 1 is 1.37 bits per heavy atom. The molecule has 2 fully saturated rings. The molecule has 1 saturated heterocycles. The molecule has 2 aliphatic rings. The van der Waals surface area contributed by atoms with Gasteiger partial charge in [-0.05, 0) is 51.1 Å². The Hall–Kier alpha value is -0.680. The predicted molar refractivity (Wildman–Crippen MR) is 80.0 cm³/mol. The molecule has 5 heteroatoms. The molecule has 0 spiro atoms. The summed E-state index contributed by atoms with van der Waals surface area (Å²) in [7, 11) is 0. The highest BCUT2D eigenvalue weighted by Gasteiger charge is 2.29. The normalized spacial score (nSPS) is 23.5. The molecule has 1 aliphatic heterocycles. The van der Waals surface area contributed by atoms with Crippen molar-refractivity contribution in [2.24, 2.45) is 5.92 Å². The summed E-state index contributed by atoms with van der Waals surface area (Å²) in [6, 6.07) is 0. The van der Waals surface area contributed by atoms with Gasteiger partial charge in [0.15, 0.2) is 0 Å². The van der Waals surface area contributed by atoms with Gasteiger partial charge in [-0.3, -0.25) is 0 Å². The van der Waals surface area contributed by atoms with Gasteiger partial charge < -0.3 is 10.2 Å². The van der Waals surface area contributed by atoms with Crippen LogP contribution < -0.4 is 10.2 Å². The van der Waals surface area contributed by atoms with Crippen molar-refractivity contribution in [3.8, 4) is 0 Å². The summed E-state index contributed by atoms with van der Waals surface area (Å²) in [6.07, 6.45) is 6.42. The van der Waals surface area contributed by atoms with E-state index >= 15 is 0 Å². The van der Waals surface area contributed by atoms with Crippen LogP contribution in [0.5, 0.6) is 0 Å². The first kappa shape index (κ1) is 13.3. The third-order valence-electron chi connectivity index (χ3n) is 4.02. The summed E-state index contributed by atoms with van der Waals surface area (Å²) < 4.78 is 4.55. The number of aromatic nitrogens is 2. The highest BCUT2D eigenvalue weighted by Crippen LogP contribution is 2.39. The van der Waals surface area contributed by atoms with Crippen molar-refractivity contribution < 1.29 is 0 Å². The van der Waals surface area contributed by atoms with Crippen molar-refractivity contribution in [3.05, 3.63) is 5.82 Å². The lowest BCUT2D eigenvalue weighted by Gasteiger charge is -2.29. The molecule has 0 bridgehead atoms. The lowest BCUT2D eigenvalue weighted by molar-refractivity contribution is 0.376. The molecule has 1 atom stereocenters. The summed E-state index contributed by atoms with van der Waals surface area (Å²) in [5.41, 5.74) is 0. The first-order valence-corrected chi connectivity index (χ1v) is 8.43. The molecule has 19 heavy (non-hydrogen) atoms. The first-order chi connectivity index (χ1) is 9.36. The van der Waals surface area contributed by atoms with Gasteiger partial charge in [-0.25, -0.2) is 4.98 Å². The molecule has 106 valence electrons. The second-order valence-corrected chi connectivity index (χ2v) is 6.60. The van der Waals surface area contributed by atoms with E-state index < -0.39 is 0 Å². The quantitative estimate of drug-likeness (QED) is 0.870. The summed E-state index contributed by atoms with van der Waals surface area (Å²) >= 11 is 1.60. The average Bonchev–Trinajstić information content (AvgIpc) is 3.17. The molecule has 1 N–H and O–H groups in total. The molecule has 1 saturated carbocycles. The van der Waals surface area contributed by atoms with Crippen LogP contribution in [0.3, 0.4) is 0 Å². The molecular formula is C14H24N4S. The maximum absolute atomic E-state index is 4.77. The Bertz CT molecular complexity index is 396. The van der Waals surface area contributed by atoms with E-state index in [4.69, 9.17) is 4.98 Å². The molecule has 0 radical (unpaired) electrons. The lowest BCUT2D eigenvalue weighted by atomic mass is 9.99. The van der Waals surface area contributed by atoms with E-state index in [-0.39, 0.29) is 0 Å². The van der Waals surface area contributed by atoms with Crippen molar-refractivity contribution in [2.75, 3.05) is 31.1 Å². The van der Waals surface area contributed by atoms with Crippen LogP contribution in [0.2, 0.25) is 0 Å². The number of nitrogens with zero attached hydrogens (tertiary/aromatic N) is 3. The van der Waals surface area contributed by atoms with Gasteiger partial charge in [-0.1, -0.05) is 6.92 Å². The smallest absolute Gasteiger partial charge is 0.205 e. The molecule has 0 amide bonds. The van der Waals surface area contributed by atoms with E-state index in [0.717, 1.165) is 36.5 Å². The fraction of sp³-hybridized carbons (Fsp3) is 0.857. The minimum Gasteiger partial charge on any atom is -0.347 e. The van der Waals surface area contributed by atoms with Crippen LogP contribution in [0.25, 0.3) is 0 Å². The molecule has 2 heterocycles. The minimum absolute atomic E-state index is 0.671. The standard InChI is InChI=1S/C14H24N4S/c1-2-8-18(10-11-4-3-7-15-9-11)14-16-13(17-19-14)12-5-6-12/h11-12,15H,2-10H2,1H3. The zero-order valence-corrected chi connectivity index (χ0v) is 12.6. The highest BCUT2D eigenvalue weighted by atomic mass is 32.1. The lowest BCUT2D eigenvalue weighted by Crippen LogP contribution is -2.38. The van der Waals surface area contributed by atoms with Gasteiger partial charge in [0.2, 0.25) is 5.13 Å². The van der Waals surface area contributed by atoms with Crippen LogP contribution in [0.4, 0.5) is 5.13 Å². The zero-order chi connectivity index (χ0) is 13.1. The van der Waals surface area contributed by atoms with Gasteiger partial charge in [-0.15, -0.1) is 0 Å². The summed E-state index contributed by atoms with van der Waals surface area (Å²) in [4.78, 5) is 7.23. The van der Waals surface area contributed by atoms with Gasteiger partial charge in [0.25, 0.3) is 0 Å². The summed E-state index contributed by atoms with van der Waals surface area (Å²) in [5, 5.41) is 4.66. The van der Waals surface area contributed by atoms with Crippen LogP contribution in [0, 0.1) is 5.92 Å². The number of rotatable bonds is 6. The van der Waals surface area contributed by atoms with Gasteiger partial charge in [-0.2, -0.15) is 4.37 Å². The third kappa shape index (κ3) is 3.45. The highest BCUT2D eigenvalue weighted by molar-refractivity contribution is 7.09. The van der Waals surface area contributed by atoms with E-state index in [1.165, 1.54) is 38.6 Å². The largest absolute Gasteiger partial charge is 0.347 e. The number of piperidine rings is 1. The number of hydrogen-bond acceptors (Lipinski definition) is 5. The molecule has 1 aliphatic carbocycles. The number of nitrogens with one attached hydrogen (secondary N) is 1. The van der Waals surface area contributed by atoms with Crippen molar-refractivity contribution in [1.82, 2.24) is 14.7 Å². The Morgan fingerprint density at radius 2 is 2.26 bits per heavy atom. The number of hydrogen-bond donors (Lipinski definition) is 1. The molecular weight excluding hydrogens is 256 g/mol. The second-order valence-electron chi connectivity index (χ2n) is 5.87. The Balaban J connectivity index is 1.64. The van der Waals surface area contributed by atoms with Crippen molar-refractivity contribution in [3.63, 3.8) is 0 Å². The molecule has 3 rings (SSSR count). The molecule has 4 nitrogen and oxygen atoms in total. The Labute approximate surface area is 119 Å². The van der Waals surface area contributed by atoms with E-state index in [1.54, 1.807) is 11.5 Å². The minimum atomic E-state index is 0.671. The maximum atomic E-state index is 4.77. The van der Waals surface area contributed by atoms with Gasteiger partial charge >= 0.3 is 0 Å². The molecule has 1 aromatic rings. The Kier molecular flexibility index (Phi) is 4.33. The van der Waals surface area contributed by atoms with Crippen molar-refractivity contribution in [2.45, 2.75) is 44.9 Å². The van der Waals surface area contributed by atoms with E-state index in [1.807, 2.05) is 0 Å². The van der Waals surface area contributed by atoms with Crippen LogP contribution in [0.15, 0.2) is 0 Å². The Morgan fingerprint density at radius 3 is 2.95 bits per heavy atom. The van der Waals surface area contributed by atoms with E-state index in [9.17, 15) is 0 Å². The topological polar surface area (TPSA) is 41.0 Å². The van der Waals surface area contributed by atoms with Crippen LogP contribution >= 0.6 is 11.5 Å². The average molecular weight is 280 g/mol. The fourth-order valence-electron chi connectivity index (χ4n) is 2.79. The van der Waals surface area contributed by atoms with Crippen LogP contribution in [-0.2, 0) is 0 Å². The second kappa shape index (κ2) is 6.18. The SMILES string of the molecule is CCCN(CC1CCCNC1)c1nc(C2CC2)ns1. The number of anilines is 1. The van der Waals surface area contributed by atoms with Crippen molar-refractivity contribution >= 4 is 16.7 Å². The van der Waals surface area contributed by atoms with Crippen LogP contribution in [0.1, 0.15) is 50.8 Å². The van der Waals surface area contributed by atoms with Gasteiger partial charge in [0, 0.05) is 30.5 Å². The predicted octanol–water partition coefficient (Wildman–Crippen LogP) is 2.63. The first-order valence-electron chi connectivity index (χ1n) is 7.66. The maximum Gasteiger partial charge on any atom is 0.205 e. The van der Waals surface area contributed by atoms with Crippen LogP contribution in [-0.4, -0.2) is 35.5 Å². The zero-order valence-electron chi connectivity index (χ0n) is 11.8. The molecule has 1 aromatic heterocycles. The van der Waals surface area contributed by atoms with E-state index in [2.05, 4.69) is 21.5 Å². The van der Waals surface area contributed by atoms with Gasteiger partial charge in [0.1, 0.15) is 5.82 Å². The fourth-order valence-corrected chi connectivity index (χ4v) is 3.57. The summed E-state index contributed by atoms with van der Waals surface area (Å²) in [5.74, 6) is 2.54. The van der Waals surface area contributed by atoms with E-state index in [0.29, 0.717) is 5.92 Å². The molecule has 0 aromatic carbocycles. The summed E-state index contributed by atoms with van der Waals surface area (Å²) in [6.45, 7) is 6.84. The molecule has 1 unspecified atom stereocenters. The van der Waals surface area contributed by atoms with Gasteiger partial charge in [0.05, 0.1) is 0 Å². The monoisotopic (exact) mass is 280 g/mol. The van der Waals surface area contributed by atoms with Crippen molar-refractivity contribution in [1.29, 1.82) is 0 Å². The third-order valence-corrected chi connectivity index (χ3v) is 4.81.